The van der Waals surface area contributed by atoms with E-state index in [9.17, 15) is 71.5 Å². The maximum absolute atomic E-state index is 10.9. The molecule has 0 aromatic carbocycles. The molecule has 0 amide bonds. The Morgan fingerprint density at radius 1 is 0.467 bits per heavy atom. The van der Waals surface area contributed by atoms with Gasteiger partial charge in [0.1, 0.15) is 97.7 Å². The summed E-state index contributed by atoms with van der Waals surface area (Å²) in [5.41, 5.74) is 0. The average molecular weight is 669 g/mol. The van der Waals surface area contributed by atoms with Gasteiger partial charge in [-0.2, -0.15) is 0 Å². The van der Waals surface area contributed by atoms with Crippen molar-refractivity contribution < 1.29 is 105 Å². The Kier molecular flexibility index (Phi) is 14.6. The molecule has 0 aromatic rings. The fourth-order valence-electron chi connectivity index (χ4n) is 5.07. The van der Waals surface area contributed by atoms with E-state index in [1.807, 2.05) is 0 Å². The van der Waals surface area contributed by atoms with Crippen molar-refractivity contribution in [3.8, 4) is 0 Å². The van der Waals surface area contributed by atoms with Gasteiger partial charge in [-0.05, 0) is 0 Å². The second-order valence-electron chi connectivity index (χ2n) is 10.9. The first-order valence-electron chi connectivity index (χ1n) is 14.0. The van der Waals surface area contributed by atoms with Crippen LogP contribution in [0.25, 0.3) is 0 Å². The number of aliphatic hydroxyl groups excluding tert-OH is 15. The van der Waals surface area contributed by atoms with Gasteiger partial charge >= 0.3 is 0 Å². The molecule has 0 aliphatic carbocycles. The van der Waals surface area contributed by atoms with E-state index in [0.717, 1.165) is 0 Å². The zero-order valence-corrected chi connectivity index (χ0v) is 23.7. The molecule has 19 atom stereocenters. The summed E-state index contributed by atoms with van der Waals surface area (Å²) < 4.78 is 33.0. The summed E-state index contributed by atoms with van der Waals surface area (Å²) in [7, 11) is 0. The van der Waals surface area contributed by atoms with Gasteiger partial charge in [0.2, 0.25) is 0 Å². The summed E-state index contributed by atoms with van der Waals surface area (Å²) in [4.78, 5) is 0. The van der Waals surface area contributed by atoms with Crippen LogP contribution in [0.2, 0.25) is 0 Å². The highest BCUT2D eigenvalue weighted by atomic mass is 16.8. The summed E-state index contributed by atoms with van der Waals surface area (Å²) >= 11 is 0. The highest BCUT2D eigenvalue weighted by Crippen LogP contribution is 2.33. The second kappa shape index (κ2) is 17.0. The summed E-state index contributed by atoms with van der Waals surface area (Å²) in [5.74, 6) is 0. The third kappa shape index (κ3) is 8.43. The largest absolute Gasteiger partial charge is 0.394 e. The number of ether oxygens (including phenoxy) is 6. The fourth-order valence-corrected chi connectivity index (χ4v) is 5.07. The number of aliphatic hydroxyl groups is 15. The van der Waals surface area contributed by atoms with Crippen LogP contribution in [-0.2, 0) is 28.4 Å². The number of hydrogen-bond donors (Lipinski definition) is 15. The maximum Gasteiger partial charge on any atom is 0.187 e. The Morgan fingerprint density at radius 3 is 1.36 bits per heavy atom. The van der Waals surface area contributed by atoms with Gasteiger partial charge < -0.3 is 105 Å². The van der Waals surface area contributed by atoms with Crippen LogP contribution >= 0.6 is 0 Å². The molecule has 3 fully saturated rings. The maximum atomic E-state index is 10.9. The normalized spacial score (nSPS) is 45.5. The van der Waals surface area contributed by atoms with Crippen LogP contribution < -0.4 is 0 Å². The van der Waals surface area contributed by atoms with Crippen molar-refractivity contribution >= 4 is 0 Å². The quantitative estimate of drug-likeness (QED) is 0.0816. The molecule has 266 valence electrons. The Morgan fingerprint density at radius 2 is 0.889 bits per heavy atom. The monoisotopic (exact) mass is 668 g/mol. The molecule has 0 spiro atoms. The van der Waals surface area contributed by atoms with Crippen LogP contribution in [0, 0.1) is 0 Å². The summed E-state index contributed by atoms with van der Waals surface area (Å²) in [6.07, 6.45) is -35.7. The highest BCUT2D eigenvalue weighted by Gasteiger charge is 2.54. The number of hydrogen-bond acceptors (Lipinski definition) is 21. The van der Waals surface area contributed by atoms with Gasteiger partial charge in [-0.3, -0.25) is 0 Å². The van der Waals surface area contributed by atoms with E-state index in [1.54, 1.807) is 0 Å². The Balaban J connectivity index is 1.92. The third-order valence-corrected chi connectivity index (χ3v) is 7.88. The van der Waals surface area contributed by atoms with Crippen molar-refractivity contribution in [2.45, 2.75) is 117 Å². The summed E-state index contributed by atoms with van der Waals surface area (Å²) in [5, 5.41) is 151. The predicted octanol–water partition coefficient (Wildman–Crippen LogP) is -10.1. The van der Waals surface area contributed by atoms with Gasteiger partial charge in [0, 0.05) is 0 Å². The highest BCUT2D eigenvalue weighted by molar-refractivity contribution is 4.96. The zero-order chi connectivity index (χ0) is 33.7. The molecule has 21 heteroatoms. The number of rotatable bonds is 14. The Labute approximate surface area is 255 Å². The average Bonchev–Trinajstić information content (AvgIpc) is 3.04. The molecular weight excluding hydrogens is 624 g/mol. The van der Waals surface area contributed by atoms with Crippen molar-refractivity contribution in [2.24, 2.45) is 0 Å². The van der Waals surface area contributed by atoms with Gasteiger partial charge in [0.05, 0.1) is 33.0 Å². The molecule has 3 saturated heterocycles. The molecule has 0 unspecified atom stereocenters. The van der Waals surface area contributed by atoms with Gasteiger partial charge in [-0.25, -0.2) is 0 Å². The van der Waals surface area contributed by atoms with E-state index < -0.39 is 150 Å². The van der Waals surface area contributed by atoms with Gasteiger partial charge in [-0.1, -0.05) is 0 Å². The zero-order valence-electron chi connectivity index (χ0n) is 23.7. The lowest BCUT2D eigenvalue weighted by Crippen LogP contribution is -2.67. The molecule has 0 bridgehead atoms. The van der Waals surface area contributed by atoms with Crippen molar-refractivity contribution in [3.63, 3.8) is 0 Å². The molecule has 3 aliphatic rings. The standard InChI is InChI=1S/C24H44O21/c25-1-6(30)11(31)12(32)7(2-26)41-23-20(17(37)14(34)9(4-28)42-23)45-24-21(18(38)15(35)10(5-29)43-24)44-22-19(39)16(36)13(33)8(3-27)40-22/h6-39H,1-5H2/t6-,7+,8-,9-,10-,11-,12-,13-,14-,15-,16+,17+,18+,19-,20-,21-,22-,23+,24-/m1/s1. The lowest BCUT2D eigenvalue weighted by molar-refractivity contribution is -0.397. The Hall–Kier alpha value is -0.840. The first-order valence-corrected chi connectivity index (χ1v) is 14.0. The molecule has 21 nitrogen and oxygen atoms in total. The fraction of sp³-hybridized carbons (Fsp3) is 1.00. The lowest BCUT2D eigenvalue weighted by atomic mass is 9.96. The van der Waals surface area contributed by atoms with Crippen molar-refractivity contribution in [1.29, 1.82) is 0 Å². The van der Waals surface area contributed by atoms with Crippen molar-refractivity contribution in [2.75, 3.05) is 33.0 Å². The van der Waals surface area contributed by atoms with Crippen LogP contribution in [0.5, 0.6) is 0 Å². The summed E-state index contributed by atoms with van der Waals surface area (Å²) in [6, 6.07) is 0. The van der Waals surface area contributed by atoms with Crippen LogP contribution in [-0.4, -0.2) is 226 Å². The van der Waals surface area contributed by atoms with E-state index in [4.69, 9.17) is 33.5 Å². The van der Waals surface area contributed by atoms with Crippen LogP contribution in [0.1, 0.15) is 0 Å². The molecule has 15 N–H and O–H groups in total. The Bertz CT molecular complexity index is 871. The van der Waals surface area contributed by atoms with E-state index in [-0.39, 0.29) is 0 Å². The molecule has 3 aliphatic heterocycles. The van der Waals surface area contributed by atoms with Gasteiger partial charge in [0.25, 0.3) is 0 Å². The first kappa shape index (κ1) is 38.6. The smallest absolute Gasteiger partial charge is 0.187 e. The second-order valence-corrected chi connectivity index (χ2v) is 10.9. The van der Waals surface area contributed by atoms with Gasteiger partial charge in [0.15, 0.2) is 18.9 Å². The molecular formula is C24H44O21. The van der Waals surface area contributed by atoms with Crippen molar-refractivity contribution in [3.05, 3.63) is 0 Å². The molecule has 3 heterocycles. The topological polar surface area (TPSA) is 359 Å². The molecule has 0 saturated carbocycles. The SMILES string of the molecule is OC[C@@H](O)[C@@H](O)[C@H](O)[C@H](CO)O[C@H]1O[C@H](CO)[C@@H](O)[C@H](O)[C@H]1O[C@H]1O[C@H](CO)[C@@H](O)[C@H](O)[C@H]1O[C@H]1O[C@H](CO)[C@@H](O)[C@H](O)[C@H]1O. The minimum absolute atomic E-state index is 0.847. The van der Waals surface area contributed by atoms with Crippen LogP contribution in [0.4, 0.5) is 0 Å². The van der Waals surface area contributed by atoms with E-state index >= 15 is 0 Å². The van der Waals surface area contributed by atoms with E-state index in [0.29, 0.717) is 0 Å². The van der Waals surface area contributed by atoms with Crippen molar-refractivity contribution in [1.82, 2.24) is 0 Å². The van der Waals surface area contributed by atoms with E-state index in [1.165, 1.54) is 0 Å². The first-order chi connectivity index (χ1) is 21.2. The molecule has 45 heavy (non-hydrogen) atoms. The van der Waals surface area contributed by atoms with Crippen LogP contribution in [0.15, 0.2) is 0 Å². The van der Waals surface area contributed by atoms with Gasteiger partial charge in [-0.15, -0.1) is 0 Å². The minimum Gasteiger partial charge on any atom is -0.394 e. The van der Waals surface area contributed by atoms with E-state index in [2.05, 4.69) is 0 Å². The lowest BCUT2D eigenvalue weighted by Gasteiger charge is -2.48. The summed E-state index contributed by atoms with van der Waals surface area (Å²) in [6.45, 7) is -4.71. The molecule has 3 rings (SSSR count). The molecule has 0 aromatic heterocycles. The minimum atomic E-state index is -2.10. The predicted molar refractivity (Wildman–Crippen MR) is 136 cm³/mol. The molecule has 0 radical (unpaired) electrons. The third-order valence-electron chi connectivity index (χ3n) is 7.88. The van der Waals surface area contributed by atoms with Crippen LogP contribution in [0.3, 0.4) is 0 Å².